The van der Waals surface area contributed by atoms with E-state index in [1.807, 2.05) is 29.3 Å². The second-order valence-corrected chi connectivity index (χ2v) is 8.60. The zero-order chi connectivity index (χ0) is 19.5. The van der Waals surface area contributed by atoms with Crippen LogP contribution < -0.4 is 0 Å². The lowest BCUT2D eigenvalue weighted by Crippen LogP contribution is -2.35. The van der Waals surface area contributed by atoms with Gasteiger partial charge in [0.2, 0.25) is 5.91 Å². The molecule has 4 rings (SSSR count). The first-order valence-electron chi connectivity index (χ1n) is 9.17. The van der Waals surface area contributed by atoms with Crippen LogP contribution in [0.15, 0.2) is 54.7 Å². The normalized spacial score (nSPS) is 14.4. The smallest absolute Gasteiger partial charge is 0.232 e. The molecule has 28 heavy (non-hydrogen) atoms. The van der Waals surface area contributed by atoms with Crippen LogP contribution in [0.25, 0.3) is 16.5 Å². The van der Waals surface area contributed by atoms with Gasteiger partial charge in [-0.1, -0.05) is 59.6 Å². The molecule has 2 heterocycles. The van der Waals surface area contributed by atoms with Crippen molar-refractivity contribution in [1.82, 2.24) is 9.88 Å². The Bertz CT molecular complexity index is 1030. The summed E-state index contributed by atoms with van der Waals surface area (Å²) in [5, 5.41) is 2.14. The maximum Gasteiger partial charge on any atom is 0.232 e. The summed E-state index contributed by atoms with van der Waals surface area (Å²) in [4.78, 5) is 17.7. The number of hydrogen-bond acceptors (Lipinski definition) is 2. The molecule has 0 saturated carbocycles. The summed E-state index contributed by atoms with van der Waals surface area (Å²) in [5.41, 5.74) is 4.68. The standard InChI is InChI=1S/C22H20Cl2N2OS/c23-19-10-18-17(12-25-21(18)11-20(19)24)13-28-14-22(27)26-8-6-16(7-9-26)15-4-2-1-3-5-15/h1-6,10-12,25H,7-9,13-14H2. The highest BCUT2D eigenvalue weighted by Crippen LogP contribution is 2.31. The van der Waals surface area contributed by atoms with Gasteiger partial charge in [-0.3, -0.25) is 4.79 Å². The van der Waals surface area contributed by atoms with E-state index < -0.39 is 0 Å². The van der Waals surface area contributed by atoms with Crippen LogP contribution in [0.3, 0.4) is 0 Å². The molecule has 1 N–H and O–H groups in total. The molecule has 0 bridgehead atoms. The van der Waals surface area contributed by atoms with Crippen molar-refractivity contribution in [1.29, 1.82) is 0 Å². The van der Waals surface area contributed by atoms with E-state index >= 15 is 0 Å². The third-order valence-corrected chi connectivity index (χ3v) is 6.69. The summed E-state index contributed by atoms with van der Waals surface area (Å²) in [6.07, 6.45) is 5.04. The number of thioether (sulfide) groups is 1. The van der Waals surface area contributed by atoms with Gasteiger partial charge >= 0.3 is 0 Å². The first-order chi connectivity index (χ1) is 13.6. The fourth-order valence-electron chi connectivity index (χ4n) is 3.44. The highest BCUT2D eigenvalue weighted by molar-refractivity contribution is 7.99. The van der Waals surface area contributed by atoms with E-state index in [2.05, 4.69) is 35.3 Å². The minimum Gasteiger partial charge on any atom is -0.361 e. The van der Waals surface area contributed by atoms with Gasteiger partial charge in [-0.2, -0.15) is 0 Å². The van der Waals surface area contributed by atoms with E-state index in [-0.39, 0.29) is 5.91 Å². The molecule has 144 valence electrons. The molecule has 6 heteroatoms. The molecule has 0 unspecified atom stereocenters. The van der Waals surface area contributed by atoms with Crippen molar-refractivity contribution in [3.63, 3.8) is 0 Å². The van der Waals surface area contributed by atoms with Gasteiger partial charge in [-0.05, 0) is 35.3 Å². The lowest BCUT2D eigenvalue weighted by atomic mass is 10.00. The van der Waals surface area contributed by atoms with Gasteiger partial charge in [0.05, 0.1) is 15.8 Å². The SMILES string of the molecule is O=C(CSCc1c[nH]c2cc(Cl)c(Cl)cc12)N1CC=C(c2ccccc2)CC1. The van der Waals surface area contributed by atoms with Gasteiger partial charge in [-0.15, -0.1) is 11.8 Å². The van der Waals surface area contributed by atoms with E-state index in [0.717, 1.165) is 35.2 Å². The van der Waals surface area contributed by atoms with Crippen LogP contribution in [0.1, 0.15) is 17.5 Å². The van der Waals surface area contributed by atoms with Gasteiger partial charge < -0.3 is 9.88 Å². The van der Waals surface area contributed by atoms with Gasteiger partial charge in [-0.25, -0.2) is 0 Å². The highest BCUT2D eigenvalue weighted by atomic mass is 35.5. The molecule has 0 fully saturated rings. The van der Waals surface area contributed by atoms with E-state index in [9.17, 15) is 4.79 Å². The quantitative estimate of drug-likeness (QED) is 0.536. The Labute approximate surface area is 178 Å². The van der Waals surface area contributed by atoms with Crippen molar-refractivity contribution in [2.24, 2.45) is 0 Å². The lowest BCUT2D eigenvalue weighted by Gasteiger charge is -2.26. The van der Waals surface area contributed by atoms with Crippen molar-refractivity contribution in [2.75, 3.05) is 18.8 Å². The number of carbonyl (C=O) groups excluding carboxylic acids is 1. The van der Waals surface area contributed by atoms with Crippen molar-refractivity contribution < 1.29 is 4.79 Å². The topological polar surface area (TPSA) is 36.1 Å². The van der Waals surface area contributed by atoms with E-state index in [1.54, 1.807) is 11.8 Å². The third kappa shape index (κ3) is 4.24. The van der Waals surface area contributed by atoms with Crippen molar-refractivity contribution >= 4 is 57.3 Å². The average Bonchev–Trinajstić information content (AvgIpc) is 3.10. The number of aromatic nitrogens is 1. The maximum absolute atomic E-state index is 12.6. The van der Waals surface area contributed by atoms with Gasteiger partial charge in [0.1, 0.15) is 0 Å². The van der Waals surface area contributed by atoms with Gasteiger partial charge in [0, 0.05) is 35.9 Å². The summed E-state index contributed by atoms with van der Waals surface area (Å²) in [5.74, 6) is 1.42. The second-order valence-electron chi connectivity index (χ2n) is 6.80. The fourth-order valence-corrected chi connectivity index (χ4v) is 4.69. The van der Waals surface area contributed by atoms with Crippen LogP contribution in [-0.4, -0.2) is 34.6 Å². The highest BCUT2D eigenvalue weighted by Gasteiger charge is 2.18. The van der Waals surface area contributed by atoms with Crippen LogP contribution >= 0.6 is 35.0 Å². The first-order valence-corrected chi connectivity index (χ1v) is 11.1. The minimum atomic E-state index is 0.189. The summed E-state index contributed by atoms with van der Waals surface area (Å²) in [6, 6.07) is 14.1. The molecular formula is C22H20Cl2N2OS. The van der Waals surface area contributed by atoms with Crippen molar-refractivity contribution in [3.05, 3.63) is 75.9 Å². The Balaban J connectivity index is 1.32. The molecule has 0 aliphatic carbocycles. The summed E-state index contributed by atoms with van der Waals surface area (Å²) in [6.45, 7) is 1.46. The Kier molecular flexibility index (Phi) is 6.00. The number of amides is 1. The Morgan fingerprint density at radius 2 is 1.93 bits per heavy atom. The maximum atomic E-state index is 12.6. The molecule has 0 radical (unpaired) electrons. The van der Waals surface area contributed by atoms with E-state index in [1.165, 1.54) is 11.1 Å². The number of carbonyl (C=O) groups is 1. The molecule has 3 nitrogen and oxygen atoms in total. The summed E-state index contributed by atoms with van der Waals surface area (Å²) < 4.78 is 0. The fraction of sp³-hybridized carbons (Fsp3) is 0.227. The number of nitrogens with one attached hydrogen (secondary N) is 1. The Morgan fingerprint density at radius 1 is 1.14 bits per heavy atom. The molecule has 1 aliphatic rings. The molecule has 1 amide bonds. The molecular weight excluding hydrogens is 411 g/mol. The van der Waals surface area contributed by atoms with Crippen LogP contribution in [0, 0.1) is 0 Å². The number of rotatable bonds is 5. The third-order valence-electron chi connectivity index (χ3n) is 5.00. The Hall–Kier alpha value is -1.88. The largest absolute Gasteiger partial charge is 0.361 e. The van der Waals surface area contributed by atoms with Gasteiger partial charge in [0.25, 0.3) is 0 Å². The monoisotopic (exact) mass is 430 g/mol. The summed E-state index contributed by atoms with van der Waals surface area (Å²) in [7, 11) is 0. The molecule has 0 saturated heterocycles. The zero-order valence-electron chi connectivity index (χ0n) is 15.3. The summed E-state index contributed by atoms with van der Waals surface area (Å²) >= 11 is 13.8. The zero-order valence-corrected chi connectivity index (χ0v) is 17.6. The van der Waals surface area contributed by atoms with Crippen LogP contribution in [-0.2, 0) is 10.5 Å². The first kappa shape index (κ1) is 19.4. The minimum absolute atomic E-state index is 0.189. The molecule has 1 aromatic heterocycles. The van der Waals surface area contributed by atoms with Crippen molar-refractivity contribution in [2.45, 2.75) is 12.2 Å². The predicted octanol–water partition coefficient (Wildman–Crippen LogP) is 6.02. The predicted molar refractivity (Wildman–Crippen MR) is 120 cm³/mol. The Morgan fingerprint density at radius 3 is 2.68 bits per heavy atom. The van der Waals surface area contributed by atoms with Gasteiger partial charge in [0.15, 0.2) is 0 Å². The number of nitrogens with zero attached hydrogens (tertiary/aromatic N) is 1. The molecule has 0 atom stereocenters. The average molecular weight is 431 g/mol. The molecule has 2 aromatic carbocycles. The van der Waals surface area contributed by atoms with E-state index in [4.69, 9.17) is 23.2 Å². The number of aromatic amines is 1. The van der Waals surface area contributed by atoms with E-state index in [0.29, 0.717) is 22.3 Å². The van der Waals surface area contributed by atoms with Crippen LogP contribution in [0.4, 0.5) is 0 Å². The second kappa shape index (κ2) is 8.64. The lowest BCUT2D eigenvalue weighted by molar-refractivity contribution is -0.127. The molecule has 3 aromatic rings. The van der Waals surface area contributed by atoms with Crippen LogP contribution in [0.5, 0.6) is 0 Å². The number of H-pyrrole nitrogens is 1. The number of hydrogen-bond donors (Lipinski definition) is 1. The number of benzene rings is 2. The number of halogens is 2. The van der Waals surface area contributed by atoms with Crippen molar-refractivity contribution in [3.8, 4) is 0 Å². The molecule has 0 spiro atoms. The number of fused-ring (bicyclic) bond motifs is 1. The van der Waals surface area contributed by atoms with Crippen LogP contribution in [0.2, 0.25) is 10.0 Å². The molecule has 1 aliphatic heterocycles.